The fourth-order valence-electron chi connectivity index (χ4n) is 3.96. The second kappa shape index (κ2) is 10.1. The number of piperazine rings is 1. The Bertz CT molecular complexity index is 746. The second-order valence-corrected chi connectivity index (χ2v) is 7.46. The molecule has 3 rings (SSSR count). The molecule has 1 saturated heterocycles. The van der Waals surface area contributed by atoms with E-state index < -0.39 is 0 Å². The van der Waals surface area contributed by atoms with Crippen molar-refractivity contribution in [3.05, 3.63) is 53.0 Å². The van der Waals surface area contributed by atoms with Crippen molar-refractivity contribution in [2.45, 2.75) is 39.1 Å². The number of nitrogens with zero attached hydrogens (tertiary/aromatic N) is 2. The molecule has 1 atom stereocenters. The highest BCUT2D eigenvalue weighted by molar-refractivity contribution is 5.37. The van der Waals surface area contributed by atoms with Crippen molar-refractivity contribution in [1.82, 2.24) is 9.80 Å². The van der Waals surface area contributed by atoms with Crippen LogP contribution < -0.4 is 4.74 Å². The van der Waals surface area contributed by atoms with Crippen LogP contribution >= 0.6 is 0 Å². The summed E-state index contributed by atoms with van der Waals surface area (Å²) in [5.74, 6) is 2.80. The zero-order valence-corrected chi connectivity index (χ0v) is 17.2. The fraction of sp³-hybridized carbons (Fsp3) is 0.545. The molecule has 0 unspecified atom stereocenters. The van der Waals surface area contributed by atoms with Crippen LogP contribution in [0.3, 0.4) is 0 Å². The Morgan fingerprint density at radius 1 is 1.14 bits per heavy atom. The van der Waals surface area contributed by atoms with Crippen molar-refractivity contribution in [2.24, 2.45) is 0 Å². The molecule has 28 heavy (non-hydrogen) atoms. The Balaban J connectivity index is 1.64. The van der Waals surface area contributed by atoms with Crippen LogP contribution in [0.5, 0.6) is 5.75 Å². The number of aliphatic hydroxyl groups is 1. The molecule has 0 saturated carbocycles. The lowest BCUT2D eigenvalue weighted by molar-refractivity contribution is 0.0454. The van der Waals surface area contributed by atoms with Crippen LogP contribution in [0.25, 0.3) is 0 Å². The zero-order valence-electron chi connectivity index (χ0n) is 17.2. The number of methoxy groups -OCH3 is 2. The van der Waals surface area contributed by atoms with Crippen LogP contribution in [0, 0.1) is 6.92 Å². The van der Waals surface area contributed by atoms with Gasteiger partial charge in [0.15, 0.2) is 0 Å². The first kappa shape index (κ1) is 20.9. The maximum atomic E-state index is 9.54. The molecule has 0 aliphatic carbocycles. The van der Waals surface area contributed by atoms with E-state index in [1.807, 2.05) is 25.1 Å². The summed E-state index contributed by atoms with van der Waals surface area (Å²) in [6.07, 6.45) is 0.772. The van der Waals surface area contributed by atoms with Crippen LogP contribution in [-0.2, 0) is 24.4 Å². The lowest BCUT2D eigenvalue weighted by Crippen LogP contribution is -2.52. The van der Waals surface area contributed by atoms with E-state index in [1.165, 1.54) is 5.56 Å². The number of hydrogen-bond acceptors (Lipinski definition) is 6. The SMILES string of the molecule is COCc1cc(CN2CCN(Cc3ccc(C)o3)[C@H](CCO)C2)ccc1OC. The number of aliphatic hydroxyl groups excluding tert-OH is 1. The zero-order chi connectivity index (χ0) is 19.9. The topological polar surface area (TPSA) is 58.3 Å². The highest BCUT2D eigenvalue weighted by Crippen LogP contribution is 2.23. The van der Waals surface area contributed by atoms with Gasteiger partial charge in [0.05, 0.1) is 20.3 Å². The highest BCUT2D eigenvalue weighted by atomic mass is 16.5. The minimum absolute atomic E-state index is 0.201. The Kier molecular flexibility index (Phi) is 7.50. The van der Waals surface area contributed by atoms with Crippen molar-refractivity contribution in [1.29, 1.82) is 0 Å². The Morgan fingerprint density at radius 3 is 2.68 bits per heavy atom. The summed E-state index contributed by atoms with van der Waals surface area (Å²) in [6, 6.07) is 10.7. The number of benzene rings is 1. The Morgan fingerprint density at radius 2 is 2.00 bits per heavy atom. The molecule has 1 fully saturated rings. The molecule has 0 bridgehead atoms. The summed E-state index contributed by atoms with van der Waals surface area (Å²) in [6.45, 7) is 7.29. The van der Waals surface area contributed by atoms with Crippen LogP contribution in [0.2, 0.25) is 0 Å². The minimum Gasteiger partial charge on any atom is -0.496 e. The van der Waals surface area contributed by atoms with Gasteiger partial charge in [-0.1, -0.05) is 6.07 Å². The van der Waals surface area contributed by atoms with E-state index in [0.717, 1.165) is 62.0 Å². The van der Waals surface area contributed by atoms with Crippen LogP contribution in [-0.4, -0.2) is 61.4 Å². The molecule has 1 aromatic heterocycles. The number of hydrogen-bond donors (Lipinski definition) is 1. The molecular formula is C22H32N2O4. The van der Waals surface area contributed by atoms with Crippen LogP contribution in [0.4, 0.5) is 0 Å². The quantitative estimate of drug-likeness (QED) is 0.713. The van der Waals surface area contributed by atoms with Gasteiger partial charge in [-0.15, -0.1) is 0 Å². The molecule has 1 aliphatic heterocycles. The van der Waals surface area contributed by atoms with Crippen molar-refractivity contribution in [3.63, 3.8) is 0 Å². The van der Waals surface area contributed by atoms with Gasteiger partial charge in [0.1, 0.15) is 17.3 Å². The normalized spacial score (nSPS) is 18.5. The average molecular weight is 389 g/mol. The molecule has 0 spiro atoms. The van der Waals surface area contributed by atoms with Gasteiger partial charge in [0, 0.05) is 51.5 Å². The average Bonchev–Trinajstić information content (AvgIpc) is 3.09. The van der Waals surface area contributed by atoms with Crippen LogP contribution in [0.1, 0.15) is 29.1 Å². The van der Waals surface area contributed by atoms with E-state index in [-0.39, 0.29) is 6.61 Å². The summed E-state index contributed by atoms with van der Waals surface area (Å²) in [5, 5.41) is 9.54. The molecule has 2 aromatic rings. The first-order chi connectivity index (χ1) is 13.6. The van der Waals surface area contributed by atoms with E-state index in [1.54, 1.807) is 14.2 Å². The van der Waals surface area contributed by atoms with Crippen molar-refractivity contribution < 1.29 is 19.0 Å². The number of ether oxygens (including phenoxy) is 2. The molecule has 154 valence electrons. The molecular weight excluding hydrogens is 356 g/mol. The summed E-state index contributed by atoms with van der Waals surface area (Å²) >= 11 is 0. The van der Waals surface area contributed by atoms with E-state index >= 15 is 0 Å². The molecule has 0 radical (unpaired) electrons. The van der Waals surface area contributed by atoms with Gasteiger partial charge in [0.2, 0.25) is 0 Å². The molecule has 2 heterocycles. The third kappa shape index (κ3) is 5.35. The van der Waals surface area contributed by atoms with Crippen molar-refractivity contribution in [2.75, 3.05) is 40.5 Å². The third-order valence-corrected chi connectivity index (χ3v) is 5.36. The van der Waals surface area contributed by atoms with Gasteiger partial charge >= 0.3 is 0 Å². The Hall–Kier alpha value is -1.86. The van der Waals surface area contributed by atoms with E-state index in [0.29, 0.717) is 12.6 Å². The first-order valence-corrected chi connectivity index (χ1v) is 9.90. The maximum absolute atomic E-state index is 9.54. The summed E-state index contributed by atoms with van der Waals surface area (Å²) < 4.78 is 16.5. The predicted molar refractivity (Wildman–Crippen MR) is 108 cm³/mol. The molecule has 1 N–H and O–H groups in total. The molecule has 1 aliphatic rings. The van der Waals surface area contributed by atoms with E-state index in [9.17, 15) is 5.11 Å². The standard InChI is InChI=1S/C22H32N2O4/c1-17-4-6-21(28-17)15-24-10-9-23(14-20(24)8-11-25)13-18-5-7-22(27-3)19(12-18)16-26-2/h4-7,12,20,25H,8-11,13-16H2,1-3H3/t20-/m1/s1. The van der Waals surface area contributed by atoms with Crippen molar-refractivity contribution in [3.8, 4) is 5.75 Å². The predicted octanol–water partition coefficient (Wildman–Crippen LogP) is 2.81. The Labute approximate surface area is 167 Å². The van der Waals surface area contributed by atoms with Gasteiger partial charge in [-0.3, -0.25) is 9.80 Å². The number of furan rings is 1. The first-order valence-electron chi connectivity index (χ1n) is 9.90. The minimum atomic E-state index is 0.201. The third-order valence-electron chi connectivity index (χ3n) is 5.36. The second-order valence-electron chi connectivity index (χ2n) is 7.46. The van der Waals surface area contributed by atoms with Crippen LogP contribution in [0.15, 0.2) is 34.7 Å². The van der Waals surface area contributed by atoms with Gasteiger partial charge in [-0.2, -0.15) is 0 Å². The van der Waals surface area contributed by atoms with Gasteiger partial charge in [0.25, 0.3) is 0 Å². The summed E-state index contributed by atoms with van der Waals surface area (Å²) in [5.41, 5.74) is 2.33. The summed E-state index contributed by atoms with van der Waals surface area (Å²) in [4.78, 5) is 4.89. The number of aryl methyl sites for hydroxylation is 1. The van der Waals surface area contributed by atoms with Gasteiger partial charge in [-0.05, 0) is 43.2 Å². The van der Waals surface area contributed by atoms with Gasteiger partial charge in [-0.25, -0.2) is 0 Å². The maximum Gasteiger partial charge on any atom is 0.124 e. The van der Waals surface area contributed by atoms with Gasteiger partial charge < -0.3 is 19.0 Å². The van der Waals surface area contributed by atoms with E-state index in [2.05, 4.69) is 21.9 Å². The molecule has 0 amide bonds. The summed E-state index contributed by atoms with van der Waals surface area (Å²) in [7, 11) is 3.39. The monoisotopic (exact) mass is 388 g/mol. The molecule has 6 heteroatoms. The molecule has 1 aromatic carbocycles. The lowest BCUT2D eigenvalue weighted by atomic mass is 10.1. The van der Waals surface area contributed by atoms with Crippen molar-refractivity contribution >= 4 is 0 Å². The largest absolute Gasteiger partial charge is 0.496 e. The smallest absolute Gasteiger partial charge is 0.124 e. The lowest BCUT2D eigenvalue weighted by Gasteiger charge is -2.41. The fourth-order valence-corrected chi connectivity index (χ4v) is 3.96. The van der Waals surface area contributed by atoms with E-state index in [4.69, 9.17) is 13.9 Å². The highest BCUT2D eigenvalue weighted by Gasteiger charge is 2.27. The molecule has 6 nitrogen and oxygen atoms in total. The number of rotatable bonds is 9.